The van der Waals surface area contributed by atoms with E-state index in [1.807, 2.05) is 13.8 Å². The molecule has 2 unspecified atom stereocenters. The highest BCUT2D eigenvalue weighted by Crippen LogP contribution is 2.08. The lowest BCUT2D eigenvalue weighted by Crippen LogP contribution is -2.50. The lowest BCUT2D eigenvalue weighted by atomic mass is 10.1. The normalized spacial score (nSPS) is 14.5. The van der Waals surface area contributed by atoms with Crippen LogP contribution in [-0.2, 0) is 4.79 Å². The van der Waals surface area contributed by atoms with Crippen LogP contribution in [0.4, 0.5) is 0 Å². The summed E-state index contributed by atoms with van der Waals surface area (Å²) in [5, 5.41) is 3.06. The molecule has 0 rings (SSSR count). The average Bonchev–Trinajstić information content (AvgIpc) is 2.28. The highest BCUT2D eigenvalue weighted by atomic mass is 32.1. The molecule has 0 fully saturated rings. The van der Waals surface area contributed by atoms with Crippen molar-refractivity contribution in [2.24, 2.45) is 5.73 Å². The van der Waals surface area contributed by atoms with Crippen LogP contribution in [-0.4, -0.2) is 40.5 Å². The Hall–Kier alpha value is -0.680. The predicted octanol–water partition coefficient (Wildman–Crippen LogP) is 2.07. The Balaban J connectivity index is 4.48. The molecule has 0 aliphatic carbocycles. The minimum Gasteiger partial charge on any atom is -0.393 e. The Labute approximate surface area is 123 Å². The summed E-state index contributed by atoms with van der Waals surface area (Å²) in [6.45, 7) is 11.0. The molecular formula is C14H29N3OS. The van der Waals surface area contributed by atoms with E-state index in [0.29, 0.717) is 11.4 Å². The van der Waals surface area contributed by atoms with E-state index in [9.17, 15) is 4.79 Å². The van der Waals surface area contributed by atoms with E-state index in [1.165, 1.54) is 0 Å². The van der Waals surface area contributed by atoms with Gasteiger partial charge in [-0.25, -0.2) is 0 Å². The Morgan fingerprint density at radius 2 is 1.89 bits per heavy atom. The van der Waals surface area contributed by atoms with Gasteiger partial charge in [0.05, 0.1) is 11.0 Å². The third-order valence-corrected chi connectivity index (χ3v) is 3.47. The highest BCUT2D eigenvalue weighted by molar-refractivity contribution is 7.80. The SMILES string of the molecule is CCCC(C)NC(=O)C(C)N(CCC(N)=S)C(C)C. The van der Waals surface area contributed by atoms with Crippen LogP contribution in [0.3, 0.4) is 0 Å². The summed E-state index contributed by atoms with van der Waals surface area (Å²) in [5.74, 6) is 0.0811. The monoisotopic (exact) mass is 287 g/mol. The molecule has 0 bridgehead atoms. The smallest absolute Gasteiger partial charge is 0.237 e. The van der Waals surface area contributed by atoms with Gasteiger partial charge in [0.1, 0.15) is 0 Å². The molecule has 0 aliphatic heterocycles. The molecule has 0 saturated carbocycles. The zero-order valence-electron chi connectivity index (χ0n) is 12.9. The first-order valence-electron chi connectivity index (χ1n) is 7.14. The van der Waals surface area contributed by atoms with Gasteiger partial charge in [0.2, 0.25) is 5.91 Å². The van der Waals surface area contributed by atoms with Crippen LogP contribution in [0.15, 0.2) is 0 Å². The maximum Gasteiger partial charge on any atom is 0.237 e. The van der Waals surface area contributed by atoms with E-state index < -0.39 is 0 Å². The van der Waals surface area contributed by atoms with Crippen LogP contribution >= 0.6 is 12.2 Å². The maximum absolute atomic E-state index is 12.2. The molecule has 2 atom stereocenters. The van der Waals surface area contributed by atoms with Crippen LogP contribution in [0.25, 0.3) is 0 Å². The Morgan fingerprint density at radius 1 is 1.32 bits per heavy atom. The molecule has 4 nitrogen and oxygen atoms in total. The van der Waals surface area contributed by atoms with Crippen LogP contribution in [0.2, 0.25) is 0 Å². The molecule has 3 N–H and O–H groups in total. The molecule has 0 spiro atoms. The van der Waals surface area contributed by atoms with E-state index >= 15 is 0 Å². The summed E-state index contributed by atoms with van der Waals surface area (Å²) in [6.07, 6.45) is 2.73. The van der Waals surface area contributed by atoms with Gasteiger partial charge in [-0.05, 0) is 34.1 Å². The number of thiocarbonyl (C=S) groups is 1. The standard InChI is InChI=1S/C14H29N3OS/c1-6-7-11(4)16-14(18)12(5)17(10(2)3)9-8-13(15)19/h10-12H,6-9H2,1-5H3,(H2,15,19)(H,16,18). The lowest BCUT2D eigenvalue weighted by molar-refractivity contribution is -0.127. The van der Waals surface area contributed by atoms with Crippen molar-refractivity contribution in [1.82, 2.24) is 10.2 Å². The average molecular weight is 287 g/mol. The minimum absolute atomic E-state index is 0.0811. The van der Waals surface area contributed by atoms with Gasteiger partial charge in [-0.1, -0.05) is 25.6 Å². The summed E-state index contributed by atoms with van der Waals surface area (Å²) < 4.78 is 0. The molecule has 19 heavy (non-hydrogen) atoms. The first-order valence-corrected chi connectivity index (χ1v) is 7.54. The van der Waals surface area contributed by atoms with Gasteiger partial charge >= 0.3 is 0 Å². The summed E-state index contributed by atoms with van der Waals surface area (Å²) in [5.41, 5.74) is 5.54. The largest absolute Gasteiger partial charge is 0.393 e. The topological polar surface area (TPSA) is 58.4 Å². The van der Waals surface area contributed by atoms with E-state index in [4.69, 9.17) is 18.0 Å². The lowest BCUT2D eigenvalue weighted by Gasteiger charge is -2.32. The van der Waals surface area contributed by atoms with Crippen LogP contribution < -0.4 is 11.1 Å². The summed E-state index contributed by atoms with van der Waals surface area (Å²) in [4.78, 5) is 14.8. The van der Waals surface area contributed by atoms with Crippen LogP contribution in [0, 0.1) is 0 Å². The third kappa shape index (κ3) is 7.47. The number of nitrogens with two attached hydrogens (primary N) is 1. The molecule has 0 radical (unpaired) electrons. The quantitative estimate of drug-likeness (QED) is 0.637. The molecule has 0 aromatic rings. The number of carbonyl (C=O) groups is 1. The van der Waals surface area contributed by atoms with Crippen LogP contribution in [0.5, 0.6) is 0 Å². The fraction of sp³-hybridized carbons (Fsp3) is 0.857. The number of amides is 1. The van der Waals surface area contributed by atoms with Crippen molar-refractivity contribution in [3.05, 3.63) is 0 Å². The fourth-order valence-electron chi connectivity index (χ4n) is 2.16. The molecule has 1 amide bonds. The molecule has 5 heteroatoms. The second-order valence-electron chi connectivity index (χ2n) is 5.42. The first kappa shape index (κ1) is 18.3. The molecule has 0 aromatic carbocycles. The van der Waals surface area contributed by atoms with Crippen molar-refractivity contribution in [2.45, 2.75) is 72.0 Å². The van der Waals surface area contributed by atoms with Crippen molar-refractivity contribution in [2.75, 3.05) is 6.54 Å². The predicted molar refractivity (Wildman–Crippen MR) is 85.2 cm³/mol. The number of hydrogen-bond donors (Lipinski definition) is 2. The van der Waals surface area contributed by atoms with Gasteiger partial charge in [0.15, 0.2) is 0 Å². The molecule has 0 heterocycles. The van der Waals surface area contributed by atoms with Gasteiger partial charge < -0.3 is 11.1 Å². The maximum atomic E-state index is 12.2. The number of nitrogens with one attached hydrogen (secondary N) is 1. The van der Waals surface area contributed by atoms with Crippen molar-refractivity contribution in [3.8, 4) is 0 Å². The van der Waals surface area contributed by atoms with Crippen molar-refractivity contribution < 1.29 is 4.79 Å². The third-order valence-electron chi connectivity index (χ3n) is 3.27. The number of hydrogen-bond acceptors (Lipinski definition) is 3. The van der Waals surface area contributed by atoms with E-state index in [1.54, 1.807) is 0 Å². The Morgan fingerprint density at radius 3 is 2.32 bits per heavy atom. The Bertz CT molecular complexity index is 294. The van der Waals surface area contributed by atoms with Crippen molar-refractivity contribution in [1.29, 1.82) is 0 Å². The molecule has 0 aliphatic rings. The summed E-state index contributed by atoms with van der Waals surface area (Å²) in [7, 11) is 0. The Kier molecular flexibility index (Phi) is 8.93. The summed E-state index contributed by atoms with van der Waals surface area (Å²) >= 11 is 4.91. The number of nitrogens with zero attached hydrogens (tertiary/aromatic N) is 1. The van der Waals surface area contributed by atoms with E-state index in [-0.39, 0.29) is 24.0 Å². The van der Waals surface area contributed by atoms with E-state index in [2.05, 4.69) is 31.0 Å². The second kappa shape index (κ2) is 9.26. The minimum atomic E-state index is -0.159. The molecular weight excluding hydrogens is 258 g/mol. The zero-order chi connectivity index (χ0) is 15.0. The second-order valence-corrected chi connectivity index (χ2v) is 5.95. The van der Waals surface area contributed by atoms with E-state index in [0.717, 1.165) is 19.4 Å². The van der Waals surface area contributed by atoms with Gasteiger partial charge in [-0.15, -0.1) is 0 Å². The van der Waals surface area contributed by atoms with Gasteiger partial charge in [-0.3, -0.25) is 9.69 Å². The number of rotatable bonds is 9. The number of carbonyl (C=O) groups excluding carboxylic acids is 1. The van der Waals surface area contributed by atoms with Gasteiger partial charge in [0.25, 0.3) is 0 Å². The fourth-order valence-corrected chi connectivity index (χ4v) is 2.25. The molecule has 112 valence electrons. The molecule has 0 saturated heterocycles. The van der Waals surface area contributed by atoms with Gasteiger partial charge in [-0.2, -0.15) is 0 Å². The van der Waals surface area contributed by atoms with Crippen LogP contribution in [0.1, 0.15) is 53.9 Å². The van der Waals surface area contributed by atoms with Gasteiger partial charge in [0, 0.05) is 25.0 Å². The highest BCUT2D eigenvalue weighted by Gasteiger charge is 2.24. The van der Waals surface area contributed by atoms with Crippen molar-refractivity contribution in [3.63, 3.8) is 0 Å². The molecule has 0 aromatic heterocycles. The zero-order valence-corrected chi connectivity index (χ0v) is 13.7. The summed E-state index contributed by atoms with van der Waals surface area (Å²) in [6, 6.07) is 0.356. The first-order chi connectivity index (χ1) is 8.79. The van der Waals surface area contributed by atoms with Crippen molar-refractivity contribution >= 4 is 23.1 Å².